The minimum absolute atomic E-state index is 0.0146. The summed E-state index contributed by atoms with van der Waals surface area (Å²) >= 11 is 0. The van der Waals surface area contributed by atoms with Crippen LogP contribution < -0.4 is 19.7 Å². The summed E-state index contributed by atoms with van der Waals surface area (Å²) in [7, 11) is 1.58. The van der Waals surface area contributed by atoms with Crippen molar-refractivity contribution in [2.75, 3.05) is 31.8 Å². The molecule has 3 aliphatic heterocycles. The van der Waals surface area contributed by atoms with Crippen molar-refractivity contribution in [3.05, 3.63) is 161 Å². The zero-order chi connectivity index (χ0) is 41.3. The van der Waals surface area contributed by atoms with Crippen LogP contribution in [0.3, 0.4) is 0 Å². The molecule has 59 heavy (non-hydrogen) atoms. The lowest BCUT2D eigenvalue weighted by Crippen LogP contribution is -2.65. The first kappa shape index (κ1) is 38.9. The maximum absolute atomic E-state index is 16.0. The normalized spacial score (nSPS) is 23.1. The van der Waals surface area contributed by atoms with E-state index in [0.29, 0.717) is 44.9 Å². The Balaban J connectivity index is 1.44. The number of amides is 3. The van der Waals surface area contributed by atoms with E-state index in [9.17, 15) is 24.6 Å². The van der Waals surface area contributed by atoms with Gasteiger partial charge in [-0.25, -0.2) is 9.69 Å². The number of imide groups is 1. The molecule has 0 saturated carbocycles. The van der Waals surface area contributed by atoms with Gasteiger partial charge in [0.1, 0.15) is 35.8 Å². The molecular formula is C47H41N3O9. The first-order valence-corrected chi connectivity index (χ1v) is 19.3. The summed E-state index contributed by atoms with van der Waals surface area (Å²) in [5.41, 5.74) is 1.32. The van der Waals surface area contributed by atoms with Crippen LogP contribution in [0.2, 0.25) is 0 Å². The molecule has 0 unspecified atom stereocenters. The Morgan fingerprint density at radius 2 is 1.44 bits per heavy atom. The molecule has 3 heterocycles. The van der Waals surface area contributed by atoms with Crippen LogP contribution in [0.5, 0.6) is 11.5 Å². The van der Waals surface area contributed by atoms with E-state index < -0.39 is 59.4 Å². The number of hydrogen-bond acceptors (Lipinski definition) is 9. The van der Waals surface area contributed by atoms with E-state index in [2.05, 4.69) is 17.2 Å². The van der Waals surface area contributed by atoms with Crippen LogP contribution in [0.1, 0.15) is 58.4 Å². The first-order valence-electron chi connectivity index (χ1n) is 19.3. The van der Waals surface area contributed by atoms with Crippen LogP contribution in [0.15, 0.2) is 127 Å². The molecule has 3 amide bonds. The lowest BCUT2D eigenvalue weighted by molar-refractivity contribution is -0.185. The monoisotopic (exact) mass is 791 g/mol. The van der Waals surface area contributed by atoms with Crippen molar-refractivity contribution in [3.8, 4) is 23.3 Å². The number of aliphatic hydroxyl groups excluding tert-OH is 1. The molecular weight excluding hydrogens is 751 g/mol. The standard InChI is InChI=1S/C47H41N3O9/c1-3-48-46(56)49-37-25-18-30(15-14-29-16-21-34(57-2)22-17-29)28-36(37)39-38(43(52)53)41-44(54)59-42(32-12-8-5-9-13-32)40(31-10-6-4-7-11-31)50(41)47(39,45(49)55)33-19-23-35(24-20-33)58-27-26-51/h4-13,16-25,28,38-42,51H,3,26-27H2,1-2H3,(H,48,56)(H,52,53)/t38-,39+,40-,41-,42+,47+/m1/s1. The minimum atomic E-state index is -2.00. The second-order valence-electron chi connectivity index (χ2n) is 14.4. The van der Waals surface area contributed by atoms with Crippen molar-refractivity contribution >= 4 is 29.6 Å². The van der Waals surface area contributed by atoms with E-state index >= 15 is 4.79 Å². The molecule has 6 atom stereocenters. The third-order valence-electron chi connectivity index (χ3n) is 11.2. The number of aliphatic carboxylic acids is 1. The van der Waals surface area contributed by atoms with Crippen LogP contribution in [-0.2, 0) is 24.7 Å². The molecule has 0 radical (unpaired) electrons. The molecule has 12 nitrogen and oxygen atoms in total. The van der Waals surface area contributed by atoms with Crippen LogP contribution >= 0.6 is 0 Å². The molecule has 0 bridgehead atoms. The number of aliphatic hydroxyl groups is 1. The highest BCUT2D eigenvalue weighted by Crippen LogP contribution is 2.65. The molecule has 5 aromatic rings. The number of carboxylic acids is 1. The highest BCUT2D eigenvalue weighted by molar-refractivity contribution is 6.21. The zero-order valence-electron chi connectivity index (χ0n) is 32.3. The largest absolute Gasteiger partial charge is 0.497 e. The summed E-state index contributed by atoms with van der Waals surface area (Å²) in [6.45, 7) is 1.71. The molecule has 0 aromatic heterocycles. The van der Waals surface area contributed by atoms with Crippen molar-refractivity contribution < 1.29 is 43.6 Å². The number of nitrogens with one attached hydrogen (secondary N) is 1. The summed E-state index contributed by atoms with van der Waals surface area (Å²) in [6, 6.07) is 34.0. The van der Waals surface area contributed by atoms with E-state index in [1.807, 2.05) is 72.8 Å². The number of morpholine rings is 1. The Bertz CT molecular complexity index is 2450. The van der Waals surface area contributed by atoms with Crippen molar-refractivity contribution in [1.82, 2.24) is 10.2 Å². The lowest BCUT2D eigenvalue weighted by atomic mass is 9.66. The summed E-state index contributed by atoms with van der Waals surface area (Å²) in [4.78, 5) is 61.8. The van der Waals surface area contributed by atoms with E-state index in [0.717, 1.165) is 4.90 Å². The van der Waals surface area contributed by atoms with Gasteiger partial charge in [-0.05, 0) is 83.8 Å². The fraction of sp³-hybridized carbons (Fsp3) is 0.234. The molecule has 2 fully saturated rings. The van der Waals surface area contributed by atoms with Gasteiger partial charge in [-0.15, -0.1) is 0 Å². The van der Waals surface area contributed by atoms with Crippen molar-refractivity contribution in [3.63, 3.8) is 0 Å². The number of nitrogens with zero attached hydrogens (tertiary/aromatic N) is 2. The minimum Gasteiger partial charge on any atom is -0.497 e. The maximum Gasteiger partial charge on any atom is 0.328 e. The number of ether oxygens (including phenoxy) is 3. The number of carbonyl (C=O) groups excluding carboxylic acids is 3. The van der Waals surface area contributed by atoms with Crippen molar-refractivity contribution in [1.29, 1.82) is 0 Å². The summed E-state index contributed by atoms with van der Waals surface area (Å²) in [5.74, 6) is 1.72. The topological polar surface area (TPSA) is 155 Å². The van der Waals surface area contributed by atoms with Gasteiger partial charge >= 0.3 is 18.0 Å². The smallest absolute Gasteiger partial charge is 0.328 e. The first-order chi connectivity index (χ1) is 28.7. The van der Waals surface area contributed by atoms with Gasteiger partial charge in [0, 0.05) is 23.6 Å². The summed E-state index contributed by atoms with van der Waals surface area (Å²) in [5, 5.41) is 23.6. The number of carbonyl (C=O) groups is 4. The van der Waals surface area contributed by atoms with Crippen molar-refractivity contribution in [2.24, 2.45) is 5.92 Å². The van der Waals surface area contributed by atoms with Gasteiger partial charge in [0.25, 0.3) is 5.91 Å². The quantitative estimate of drug-likeness (QED) is 0.121. The Hall–Kier alpha value is -6.94. The molecule has 0 spiro atoms. The predicted octanol–water partition coefficient (Wildman–Crippen LogP) is 5.95. The molecule has 12 heteroatoms. The van der Waals surface area contributed by atoms with Gasteiger partial charge in [0.15, 0.2) is 0 Å². The number of cyclic esters (lactones) is 1. The number of carboxylic acid groups (broad SMARTS) is 1. The predicted molar refractivity (Wildman–Crippen MR) is 217 cm³/mol. The Morgan fingerprint density at radius 3 is 2.07 bits per heavy atom. The molecule has 2 saturated heterocycles. The van der Waals surface area contributed by atoms with Gasteiger partial charge in [-0.3, -0.25) is 19.3 Å². The highest BCUT2D eigenvalue weighted by Gasteiger charge is 2.75. The number of benzene rings is 5. The molecule has 5 aromatic carbocycles. The number of fused-ring (bicyclic) bond motifs is 5. The zero-order valence-corrected chi connectivity index (χ0v) is 32.3. The number of hydrogen-bond donors (Lipinski definition) is 3. The van der Waals surface area contributed by atoms with E-state index in [-0.39, 0.29) is 25.4 Å². The fourth-order valence-electron chi connectivity index (χ4n) is 8.91. The summed E-state index contributed by atoms with van der Waals surface area (Å²) in [6.07, 6.45) is -0.992. The Morgan fingerprint density at radius 1 is 0.814 bits per heavy atom. The van der Waals surface area contributed by atoms with Crippen LogP contribution in [0, 0.1) is 17.8 Å². The number of methoxy groups -OCH3 is 1. The third-order valence-corrected chi connectivity index (χ3v) is 11.2. The molecule has 298 valence electrons. The van der Waals surface area contributed by atoms with E-state index in [4.69, 9.17) is 14.2 Å². The molecule has 8 rings (SSSR count). The lowest BCUT2D eigenvalue weighted by Gasteiger charge is -2.53. The maximum atomic E-state index is 16.0. The summed E-state index contributed by atoms with van der Waals surface area (Å²) < 4.78 is 17.3. The van der Waals surface area contributed by atoms with Gasteiger partial charge in [-0.2, -0.15) is 0 Å². The van der Waals surface area contributed by atoms with Crippen LogP contribution in [-0.4, -0.2) is 71.9 Å². The van der Waals surface area contributed by atoms with Gasteiger partial charge in [-0.1, -0.05) is 84.6 Å². The third kappa shape index (κ3) is 6.64. The average Bonchev–Trinajstić information content (AvgIpc) is 3.60. The highest BCUT2D eigenvalue weighted by atomic mass is 16.6. The van der Waals surface area contributed by atoms with Gasteiger partial charge in [0.05, 0.1) is 31.4 Å². The second kappa shape index (κ2) is 16.1. The van der Waals surface area contributed by atoms with Crippen LogP contribution in [0.4, 0.5) is 10.5 Å². The number of anilines is 1. The van der Waals surface area contributed by atoms with E-state index in [1.54, 1.807) is 73.5 Å². The molecule has 0 aliphatic carbocycles. The number of urea groups is 1. The Kier molecular flexibility index (Phi) is 10.6. The SMILES string of the molecule is CCNC(=O)N1C(=O)[C@]2(c3ccc(OCCO)cc3)[C@@H](c3cc(C#Cc4ccc(OC)cc4)ccc31)[C@@H](C(=O)O)[C@@H]1C(=O)O[C@@H](c3ccccc3)[C@@H](c3ccccc3)N12. The van der Waals surface area contributed by atoms with Gasteiger partial charge in [0.2, 0.25) is 0 Å². The van der Waals surface area contributed by atoms with Crippen molar-refractivity contribution in [2.45, 2.75) is 36.6 Å². The van der Waals surface area contributed by atoms with E-state index in [1.165, 1.54) is 0 Å². The number of rotatable bonds is 9. The molecule has 3 N–H and O–H groups in total. The second-order valence-corrected chi connectivity index (χ2v) is 14.4. The van der Waals surface area contributed by atoms with Gasteiger partial charge < -0.3 is 29.7 Å². The Labute approximate surface area is 340 Å². The average molecular weight is 792 g/mol. The molecule has 3 aliphatic rings. The number of esters is 1. The fourth-order valence-corrected chi connectivity index (χ4v) is 8.91. The van der Waals surface area contributed by atoms with Crippen LogP contribution in [0.25, 0.3) is 0 Å².